The van der Waals surface area contributed by atoms with Crippen molar-refractivity contribution >= 4 is 5.91 Å². The lowest BCUT2D eigenvalue weighted by atomic mass is 10.1. The molecular weight excluding hydrogens is 319 g/mol. The Bertz CT molecular complexity index is 771. The highest BCUT2D eigenvalue weighted by Crippen LogP contribution is 2.29. The van der Waals surface area contributed by atoms with Crippen molar-refractivity contribution in [2.24, 2.45) is 0 Å². The van der Waals surface area contributed by atoms with Gasteiger partial charge in [-0.05, 0) is 36.4 Å². The number of hydrogen-bond acceptors (Lipinski definition) is 2. The lowest BCUT2D eigenvalue weighted by molar-refractivity contribution is -0.137. The van der Waals surface area contributed by atoms with Crippen LogP contribution in [-0.2, 0) is 6.18 Å². The highest BCUT2D eigenvalue weighted by atomic mass is 19.4. The van der Waals surface area contributed by atoms with Gasteiger partial charge in [-0.1, -0.05) is 24.0 Å². The van der Waals surface area contributed by atoms with Gasteiger partial charge in [-0.25, -0.2) is 0 Å². The lowest BCUT2D eigenvalue weighted by Crippen LogP contribution is -2.23. The smallest absolute Gasteiger partial charge is 0.416 e. The van der Waals surface area contributed by atoms with Gasteiger partial charge < -0.3 is 10.1 Å². The summed E-state index contributed by atoms with van der Waals surface area (Å²) >= 11 is 0. The minimum Gasteiger partial charge on any atom is -0.495 e. The van der Waals surface area contributed by atoms with Crippen molar-refractivity contribution in [3.8, 4) is 17.6 Å². The molecule has 0 spiro atoms. The van der Waals surface area contributed by atoms with Gasteiger partial charge in [0, 0.05) is 5.56 Å². The van der Waals surface area contributed by atoms with Crippen molar-refractivity contribution in [3.63, 3.8) is 0 Å². The van der Waals surface area contributed by atoms with Crippen molar-refractivity contribution in [1.29, 1.82) is 0 Å². The third-order valence-electron chi connectivity index (χ3n) is 3.14. The van der Waals surface area contributed by atoms with Crippen LogP contribution in [0.25, 0.3) is 0 Å². The Morgan fingerprint density at radius 1 is 1.12 bits per heavy atom. The zero-order chi connectivity index (χ0) is 17.6. The van der Waals surface area contributed by atoms with Crippen LogP contribution in [0, 0.1) is 11.8 Å². The molecule has 0 unspecified atom stereocenters. The van der Waals surface area contributed by atoms with Crippen LogP contribution in [0.4, 0.5) is 13.2 Å². The number of para-hydroxylation sites is 1. The van der Waals surface area contributed by atoms with Gasteiger partial charge in [-0.3, -0.25) is 4.79 Å². The molecule has 124 valence electrons. The summed E-state index contributed by atoms with van der Waals surface area (Å²) in [6.07, 6.45) is -4.42. The van der Waals surface area contributed by atoms with E-state index in [1.54, 1.807) is 12.1 Å². The fourth-order valence-corrected chi connectivity index (χ4v) is 1.92. The van der Waals surface area contributed by atoms with Crippen LogP contribution in [0.15, 0.2) is 48.5 Å². The maximum Gasteiger partial charge on any atom is 0.416 e. The van der Waals surface area contributed by atoms with Crippen LogP contribution in [0.5, 0.6) is 5.75 Å². The number of carbonyl (C=O) groups is 1. The second-order valence-electron chi connectivity index (χ2n) is 4.76. The molecule has 1 amide bonds. The molecule has 3 nitrogen and oxygen atoms in total. The number of ether oxygens (including phenoxy) is 1. The maximum atomic E-state index is 12.5. The molecule has 2 aromatic rings. The van der Waals surface area contributed by atoms with Gasteiger partial charge in [0.15, 0.2) is 0 Å². The number of hydrogen-bond donors (Lipinski definition) is 1. The summed E-state index contributed by atoms with van der Waals surface area (Å²) in [6.45, 7) is 0.0674. The van der Waals surface area contributed by atoms with Crippen LogP contribution in [0.1, 0.15) is 21.5 Å². The molecular formula is C18H14F3NO2. The topological polar surface area (TPSA) is 38.3 Å². The summed E-state index contributed by atoms with van der Waals surface area (Å²) in [5.74, 6) is 5.77. The molecule has 6 heteroatoms. The zero-order valence-electron chi connectivity index (χ0n) is 12.8. The predicted octanol–water partition coefficient (Wildman–Crippen LogP) is 3.50. The van der Waals surface area contributed by atoms with Crippen LogP contribution in [0.3, 0.4) is 0 Å². The van der Waals surface area contributed by atoms with Crippen LogP contribution >= 0.6 is 0 Å². The number of methoxy groups -OCH3 is 1. The number of rotatable bonds is 3. The molecule has 2 rings (SSSR count). The van der Waals surface area contributed by atoms with Gasteiger partial charge in [0.1, 0.15) is 5.75 Å². The van der Waals surface area contributed by atoms with E-state index in [2.05, 4.69) is 17.2 Å². The van der Waals surface area contributed by atoms with Crippen molar-refractivity contribution in [1.82, 2.24) is 5.32 Å². The van der Waals surface area contributed by atoms with Crippen molar-refractivity contribution in [3.05, 3.63) is 65.2 Å². The second-order valence-corrected chi connectivity index (χ2v) is 4.76. The summed E-state index contributed by atoms with van der Waals surface area (Å²) < 4.78 is 42.5. The molecule has 0 aliphatic rings. The fourth-order valence-electron chi connectivity index (χ4n) is 1.92. The molecule has 1 N–H and O–H groups in total. The highest BCUT2D eigenvalue weighted by molar-refractivity contribution is 5.94. The van der Waals surface area contributed by atoms with Gasteiger partial charge in [-0.15, -0.1) is 0 Å². The van der Waals surface area contributed by atoms with Crippen molar-refractivity contribution < 1.29 is 22.7 Å². The fraction of sp³-hybridized carbons (Fsp3) is 0.167. The Hall–Kier alpha value is -2.94. The first-order valence-electron chi connectivity index (χ1n) is 6.99. The minimum atomic E-state index is -4.42. The Morgan fingerprint density at radius 3 is 2.42 bits per heavy atom. The van der Waals surface area contributed by atoms with Crippen molar-refractivity contribution in [2.45, 2.75) is 6.18 Å². The molecule has 0 aliphatic carbocycles. The number of alkyl halides is 3. The third kappa shape index (κ3) is 4.53. The second kappa shape index (κ2) is 7.55. The monoisotopic (exact) mass is 333 g/mol. The summed E-state index contributed by atoms with van der Waals surface area (Å²) in [5, 5.41) is 2.53. The highest BCUT2D eigenvalue weighted by Gasteiger charge is 2.30. The Labute approximate surface area is 137 Å². The Balaban J connectivity index is 1.96. The van der Waals surface area contributed by atoms with E-state index in [0.29, 0.717) is 11.3 Å². The Morgan fingerprint density at radius 2 is 1.79 bits per heavy atom. The molecule has 0 fully saturated rings. The lowest BCUT2D eigenvalue weighted by Gasteiger charge is -2.07. The van der Waals surface area contributed by atoms with E-state index >= 15 is 0 Å². The van der Waals surface area contributed by atoms with Crippen molar-refractivity contribution in [2.75, 3.05) is 13.7 Å². The standard InChI is InChI=1S/C18H14F3NO2/c1-24-16-7-3-2-5-13(16)6-4-12-22-17(23)14-8-10-15(11-9-14)18(19,20)21/h2-3,5,7-11H,12H2,1H3,(H,22,23). The predicted molar refractivity (Wildman–Crippen MR) is 83.6 cm³/mol. The van der Waals surface area contributed by atoms with E-state index in [4.69, 9.17) is 4.74 Å². The summed E-state index contributed by atoms with van der Waals surface area (Å²) in [5.41, 5.74) is 0.0286. The number of nitrogens with one attached hydrogen (secondary N) is 1. The van der Waals surface area contributed by atoms with E-state index in [0.717, 1.165) is 24.3 Å². The first kappa shape index (κ1) is 17.4. The minimum absolute atomic E-state index is 0.0674. The average molecular weight is 333 g/mol. The Kier molecular flexibility index (Phi) is 5.48. The maximum absolute atomic E-state index is 12.5. The van der Waals surface area contributed by atoms with E-state index < -0.39 is 17.6 Å². The van der Waals surface area contributed by atoms with Gasteiger partial charge >= 0.3 is 6.18 Å². The van der Waals surface area contributed by atoms with Gasteiger partial charge in [0.05, 0.1) is 24.8 Å². The van der Waals surface area contributed by atoms with E-state index in [1.807, 2.05) is 12.1 Å². The number of benzene rings is 2. The van der Waals surface area contributed by atoms with Gasteiger partial charge in [-0.2, -0.15) is 13.2 Å². The molecule has 2 aromatic carbocycles. The SMILES string of the molecule is COc1ccccc1C#CCNC(=O)c1ccc(C(F)(F)F)cc1. The normalized spacial score (nSPS) is 10.5. The molecule has 0 aliphatic heterocycles. The molecule has 0 saturated carbocycles. The van der Waals surface area contributed by atoms with Gasteiger partial charge in [0.2, 0.25) is 0 Å². The number of halogens is 3. The molecule has 0 radical (unpaired) electrons. The van der Waals surface area contributed by atoms with Gasteiger partial charge in [0.25, 0.3) is 5.91 Å². The molecule has 0 atom stereocenters. The average Bonchev–Trinajstić information content (AvgIpc) is 2.58. The summed E-state index contributed by atoms with van der Waals surface area (Å²) in [7, 11) is 1.53. The quantitative estimate of drug-likeness (QED) is 0.873. The summed E-state index contributed by atoms with van der Waals surface area (Å²) in [4.78, 5) is 11.9. The number of carbonyl (C=O) groups excluding carboxylic acids is 1. The molecule has 24 heavy (non-hydrogen) atoms. The molecule has 0 bridgehead atoms. The van der Waals surface area contributed by atoms with Crippen LogP contribution in [-0.4, -0.2) is 19.6 Å². The van der Waals surface area contributed by atoms with E-state index in [1.165, 1.54) is 7.11 Å². The molecule has 0 saturated heterocycles. The molecule has 0 heterocycles. The van der Waals surface area contributed by atoms with Crippen LogP contribution in [0.2, 0.25) is 0 Å². The summed E-state index contributed by atoms with van der Waals surface area (Å²) in [6, 6.07) is 11.2. The van der Waals surface area contributed by atoms with E-state index in [-0.39, 0.29) is 12.1 Å². The zero-order valence-corrected chi connectivity index (χ0v) is 12.8. The molecule has 0 aromatic heterocycles. The number of amides is 1. The third-order valence-corrected chi connectivity index (χ3v) is 3.14. The van der Waals surface area contributed by atoms with E-state index in [9.17, 15) is 18.0 Å². The first-order valence-corrected chi connectivity index (χ1v) is 6.99. The van der Waals surface area contributed by atoms with Crippen LogP contribution < -0.4 is 10.1 Å². The largest absolute Gasteiger partial charge is 0.495 e. The first-order chi connectivity index (χ1) is 11.4.